The number of anilines is 1. The summed E-state index contributed by atoms with van der Waals surface area (Å²) in [4.78, 5) is 23.9. The van der Waals surface area contributed by atoms with Crippen molar-refractivity contribution in [3.05, 3.63) is 54.2 Å². The van der Waals surface area contributed by atoms with Crippen molar-refractivity contribution in [1.29, 1.82) is 0 Å². The number of hydrogen-bond donors (Lipinski definition) is 1. The number of aromatic amines is 1. The molecule has 1 N–H and O–H groups in total. The number of H-pyrrole nitrogens is 1. The highest BCUT2D eigenvalue weighted by Crippen LogP contribution is 2.40. The highest BCUT2D eigenvalue weighted by molar-refractivity contribution is 6.15. The smallest absolute Gasteiger partial charge is 0.214 e. The van der Waals surface area contributed by atoms with Gasteiger partial charge in [0, 0.05) is 35.2 Å². The van der Waals surface area contributed by atoms with Gasteiger partial charge in [-0.3, -0.25) is 4.79 Å². The van der Waals surface area contributed by atoms with E-state index >= 15 is 0 Å². The van der Waals surface area contributed by atoms with Crippen LogP contribution >= 0.6 is 0 Å². The van der Waals surface area contributed by atoms with E-state index in [2.05, 4.69) is 60.2 Å². The molecule has 6 heteroatoms. The van der Waals surface area contributed by atoms with E-state index in [-0.39, 0.29) is 0 Å². The highest BCUT2D eigenvalue weighted by Gasteiger charge is 2.29. The molecular formula is C27H30N4O2. The van der Waals surface area contributed by atoms with Crippen LogP contribution in [-0.2, 0) is 4.79 Å². The monoisotopic (exact) mass is 442 g/mol. The summed E-state index contributed by atoms with van der Waals surface area (Å²) in [6.07, 6.45) is 5.93. The van der Waals surface area contributed by atoms with Gasteiger partial charge in [0.2, 0.25) is 6.41 Å². The van der Waals surface area contributed by atoms with Crippen LogP contribution < -0.4 is 9.64 Å². The summed E-state index contributed by atoms with van der Waals surface area (Å²) in [5.41, 5.74) is 6.05. The molecule has 0 atom stereocenters. The minimum Gasteiger partial charge on any atom is -0.491 e. The molecule has 2 aromatic carbocycles. The fraction of sp³-hybridized carbons (Fsp3) is 0.333. The quantitative estimate of drug-likeness (QED) is 0.288. The third-order valence-electron chi connectivity index (χ3n) is 6.22. The number of amides is 1. The molecule has 0 saturated heterocycles. The van der Waals surface area contributed by atoms with Crippen molar-refractivity contribution in [3.8, 4) is 16.9 Å². The standard InChI is InChI=1S/C27H30N4O2/c1-18-14-23-25-22(19-6-4-7-21(15-19)31(17-32)20-8-9-20)10-11-24(33-13-5-12-30(2)3)26(25)29-27(23)28-16-18/h4,6-7,10-11,14-17,20H,5,8-9,12-13H2,1-3H3,(H,28,29). The molecule has 170 valence electrons. The molecule has 0 spiro atoms. The Kier molecular flexibility index (Phi) is 5.77. The molecule has 1 aliphatic rings. The lowest BCUT2D eigenvalue weighted by Crippen LogP contribution is -2.23. The van der Waals surface area contributed by atoms with Crippen molar-refractivity contribution < 1.29 is 9.53 Å². The van der Waals surface area contributed by atoms with Gasteiger partial charge in [0.05, 0.1) is 12.1 Å². The molecule has 0 aliphatic heterocycles. The molecular weight excluding hydrogens is 412 g/mol. The molecule has 1 fully saturated rings. The molecule has 4 aromatic rings. The number of fused-ring (bicyclic) bond motifs is 3. The molecule has 6 nitrogen and oxygen atoms in total. The Morgan fingerprint density at radius 2 is 2.03 bits per heavy atom. The number of hydrogen-bond acceptors (Lipinski definition) is 4. The van der Waals surface area contributed by atoms with Gasteiger partial charge in [0.25, 0.3) is 0 Å². The average Bonchev–Trinajstić information content (AvgIpc) is 3.57. The minimum atomic E-state index is 0.329. The summed E-state index contributed by atoms with van der Waals surface area (Å²) in [6, 6.07) is 14.9. The molecule has 1 saturated carbocycles. The molecule has 5 rings (SSSR count). The largest absolute Gasteiger partial charge is 0.491 e. The van der Waals surface area contributed by atoms with Crippen LogP contribution in [0.2, 0.25) is 0 Å². The number of carbonyl (C=O) groups excluding carboxylic acids is 1. The number of nitrogens with one attached hydrogen (secondary N) is 1. The summed E-state index contributed by atoms with van der Waals surface area (Å²) in [5, 5.41) is 2.19. The zero-order chi connectivity index (χ0) is 22.9. The average molecular weight is 443 g/mol. The number of carbonyl (C=O) groups is 1. The third-order valence-corrected chi connectivity index (χ3v) is 6.22. The first-order valence-corrected chi connectivity index (χ1v) is 11.6. The second-order valence-electron chi connectivity index (χ2n) is 9.19. The van der Waals surface area contributed by atoms with Gasteiger partial charge >= 0.3 is 0 Å². The molecule has 1 aliphatic carbocycles. The second kappa shape index (κ2) is 8.87. The fourth-order valence-electron chi connectivity index (χ4n) is 4.43. The molecule has 33 heavy (non-hydrogen) atoms. The van der Waals surface area contributed by atoms with E-state index in [0.717, 1.165) is 82.3 Å². The number of pyridine rings is 1. The summed E-state index contributed by atoms with van der Waals surface area (Å²) in [6.45, 7) is 3.69. The first kappa shape index (κ1) is 21.5. The minimum absolute atomic E-state index is 0.329. The van der Waals surface area contributed by atoms with Crippen molar-refractivity contribution >= 4 is 34.0 Å². The number of aromatic nitrogens is 2. The van der Waals surface area contributed by atoms with Crippen LogP contribution in [0.3, 0.4) is 0 Å². The van der Waals surface area contributed by atoms with Crippen molar-refractivity contribution in [3.63, 3.8) is 0 Å². The first-order valence-electron chi connectivity index (χ1n) is 11.6. The lowest BCUT2D eigenvalue weighted by atomic mass is 9.98. The topological polar surface area (TPSA) is 61.5 Å². The van der Waals surface area contributed by atoms with E-state index in [1.54, 1.807) is 0 Å². The van der Waals surface area contributed by atoms with Crippen molar-refractivity contribution in [2.75, 3.05) is 32.1 Å². The Hall–Kier alpha value is -3.38. The van der Waals surface area contributed by atoms with Gasteiger partial charge in [-0.15, -0.1) is 0 Å². The first-order chi connectivity index (χ1) is 16.0. The van der Waals surface area contributed by atoms with E-state index in [1.165, 1.54) is 0 Å². The Morgan fingerprint density at radius 1 is 1.18 bits per heavy atom. The van der Waals surface area contributed by atoms with Crippen LogP contribution in [0.1, 0.15) is 24.8 Å². The Balaban J connectivity index is 1.61. The van der Waals surface area contributed by atoms with Gasteiger partial charge in [-0.25, -0.2) is 4.98 Å². The Morgan fingerprint density at radius 3 is 2.79 bits per heavy atom. The molecule has 2 heterocycles. The van der Waals surface area contributed by atoms with E-state index in [0.29, 0.717) is 12.6 Å². The van der Waals surface area contributed by atoms with Crippen LogP contribution in [0.5, 0.6) is 5.75 Å². The van der Waals surface area contributed by atoms with E-state index in [9.17, 15) is 4.79 Å². The molecule has 0 unspecified atom stereocenters. The normalized spacial score (nSPS) is 13.7. The van der Waals surface area contributed by atoms with E-state index in [4.69, 9.17) is 4.74 Å². The maximum absolute atomic E-state index is 11.7. The zero-order valence-corrected chi connectivity index (χ0v) is 19.5. The van der Waals surface area contributed by atoms with Gasteiger partial charge in [-0.1, -0.05) is 12.1 Å². The van der Waals surface area contributed by atoms with E-state index < -0.39 is 0 Å². The predicted molar refractivity (Wildman–Crippen MR) is 134 cm³/mol. The summed E-state index contributed by atoms with van der Waals surface area (Å²) in [7, 11) is 4.14. The van der Waals surface area contributed by atoms with Crippen LogP contribution in [0, 0.1) is 6.92 Å². The molecule has 0 bridgehead atoms. The molecule has 0 radical (unpaired) electrons. The van der Waals surface area contributed by atoms with Crippen LogP contribution in [0.15, 0.2) is 48.7 Å². The number of nitrogens with zero attached hydrogens (tertiary/aromatic N) is 3. The zero-order valence-electron chi connectivity index (χ0n) is 19.5. The maximum Gasteiger partial charge on any atom is 0.214 e. The van der Waals surface area contributed by atoms with Crippen molar-refractivity contribution in [2.24, 2.45) is 0 Å². The molecule has 2 aromatic heterocycles. The summed E-state index contributed by atoms with van der Waals surface area (Å²) < 4.78 is 6.20. The van der Waals surface area contributed by atoms with Gasteiger partial charge in [-0.05, 0) is 87.3 Å². The SMILES string of the molecule is Cc1cnc2[nH]c3c(OCCCN(C)C)ccc(-c4cccc(N(C=O)C5CC5)c4)c3c2c1. The van der Waals surface area contributed by atoms with Crippen LogP contribution in [0.25, 0.3) is 33.1 Å². The van der Waals surface area contributed by atoms with Crippen molar-refractivity contribution in [1.82, 2.24) is 14.9 Å². The van der Waals surface area contributed by atoms with Crippen LogP contribution in [-0.4, -0.2) is 54.6 Å². The molecule has 1 amide bonds. The number of benzene rings is 2. The third kappa shape index (κ3) is 4.31. The van der Waals surface area contributed by atoms with Gasteiger partial charge < -0.3 is 19.5 Å². The fourth-order valence-corrected chi connectivity index (χ4v) is 4.43. The van der Waals surface area contributed by atoms with E-state index in [1.807, 2.05) is 29.3 Å². The highest BCUT2D eigenvalue weighted by atomic mass is 16.5. The second-order valence-corrected chi connectivity index (χ2v) is 9.19. The van der Waals surface area contributed by atoms with Gasteiger partial charge in [0.1, 0.15) is 11.4 Å². The number of ether oxygens (including phenoxy) is 1. The summed E-state index contributed by atoms with van der Waals surface area (Å²) in [5.74, 6) is 0.840. The lowest BCUT2D eigenvalue weighted by Gasteiger charge is -2.18. The maximum atomic E-state index is 11.7. The Bertz CT molecular complexity index is 1310. The van der Waals surface area contributed by atoms with Gasteiger partial charge in [-0.2, -0.15) is 0 Å². The number of aryl methyl sites for hydroxylation is 1. The number of rotatable bonds is 9. The Labute approximate surface area is 194 Å². The van der Waals surface area contributed by atoms with Crippen molar-refractivity contribution in [2.45, 2.75) is 32.2 Å². The lowest BCUT2D eigenvalue weighted by molar-refractivity contribution is -0.107. The predicted octanol–water partition coefficient (Wildman–Crippen LogP) is 5.15. The van der Waals surface area contributed by atoms with Crippen LogP contribution in [0.4, 0.5) is 5.69 Å². The summed E-state index contributed by atoms with van der Waals surface area (Å²) >= 11 is 0. The van der Waals surface area contributed by atoms with Gasteiger partial charge in [0.15, 0.2) is 0 Å².